The summed E-state index contributed by atoms with van der Waals surface area (Å²) >= 11 is 0. The largest absolute Gasteiger partial charge is 0.490 e. The molecule has 1 fully saturated rings. The smallest absolute Gasteiger partial charge is 0.311 e. The van der Waals surface area contributed by atoms with Crippen molar-refractivity contribution in [2.45, 2.75) is 19.4 Å². The highest BCUT2D eigenvalue weighted by Gasteiger charge is 2.27. The van der Waals surface area contributed by atoms with E-state index in [-0.39, 0.29) is 23.3 Å². The molecule has 0 aliphatic carbocycles. The average Bonchev–Trinajstić information content (AvgIpc) is 2.54. The molecule has 23 heavy (non-hydrogen) atoms. The summed E-state index contributed by atoms with van der Waals surface area (Å²) in [6.45, 7) is 2.19. The summed E-state index contributed by atoms with van der Waals surface area (Å²) in [4.78, 5) is 26.6. The number of piperidine rings is 1. The maximum atomic E-state index is 12.1. The van der Waals surface area contributed by atoms with E-state index < -0.39 is 4.92 Å². The fourth-order valence-corrected chi connectivity index (χ4v) is 3.00. The van der Waals surface area contributed by atoms with Gasteiger partial charge in [0.1, 0.15) is 0 Å². The molecule has 1 aliphatic rings. The van der Waals surface area contributed by atoms with E-state index in [0.29, 0.717) is 13.1 Å². The first-order chi connectivity index (χ1) is 10.9. The van der Waals surface area contributed by atoms with Gasteiger partial charge in [0.2, 0.25) is 5.91 Å². The number of nitrogens with zero attached hydrogens (tertiary/aromatic N) is 3. The lowest BCUT2D eigenvalue weighted by molar-refractivity contribution is -0.385. The average molecular weight is 321 g/mol. The highest BCUT2D eigenvalue weighted by Crippen LogP contribution is 2.28. The maximum Gasteiger partial charge on any atom is 0.311 e. The molecule has 0 aromatic heterocycles. The second-order valence-electron chi connectivity index (χ2n) is 6.07. The van der Waals surface area contributed by atoms with Crippen molar-refractivity contribution >= 4 is 11.6 Å². The zero-order chi connectivity index (χ0) is 17.0. The molecular weight excluding hydrogens is 298 g/mol. The Balaban J connectivity index is 2.08. The van der Waals surface area contributed by atoms with Gasteiger partial charge >= 0.3 is 5.69 Å². The molecule has 0 N–H and O–H groups in total. The number of carbonyl (C=O) groups excluding carboxylic acids is 1. The van der Waals surface area contributed by atoms with Crippen LogP contribution in [0, 0.1) is 16.0 Å². The summed E-state index contributed by atoms with van der Waals surface area (Å²) in [6.07, 6.45) is 1.86. The maximum absolute atomic E-state index is 12.1. The van der Waals surface area contributed by atoms with Crippen LogP contribution >= 0.6 is 0 Å². The minimum Gasteiger partial charge on any atom is -0.490 e. The predicted octanol–water partition coefficient (Wildman–Crippen LogP) is 1.90. The molecule has 1 saturated heterocycles. The van der Waals surface area contributed by atoms with Crippen LogP contribution in [0.3, 0.4) is 0 Å². The van der Waals surface area contributed by atoms with Gasteiger partial charge in [-0.05, 0) is 31.0 Å². The van der Waals surface area contributed by atoms with Crippen LogP contribution in [-0.2, 0) is 11.3 Å². The normalized spacial score (nSPS) is 18.5. The van der Waals surface area contributed by atoms with Crippen molar-refractivity contribution < 1.29 is 14.5 Å². The van der Waals surface area contributed by atoms with Gasteiger partial charge in [0.05, 0.1) is 18.0 Å². The molecule has 0 saturated carbocycles. The first-order valence-corrected chi connectivity index (χ1v) is 7.67. The van der Waals surface area contributed by atoms with Crippen LogP contribution in [0.1, 0.15) is 18.4 Å². The highest BCUT2D eigenvalue weighted by molar-refractivity contribution is 5.78. The summed E-state index contributed by atoms with van der Waals surface area (Å²) < 4.78 is 5.02. The summed E-state index contributed by atoms with van der Waals surface area (Å²) in [5.74, 6) is 0.417. The van der Waals surface area contributed by atoms with E-state index in [2.05, 4.69) is 4.90 Å². The molecule has 126 valence electrons. The van der Waals surface area contributed by atoms with Gasteiger partial charge in [-0.2, -0.15) is 0 Å². The van der Waals surface area contributed by atoms with E-state index in [1.807, 2.05) is 6.07 Å². The molecule has 1 atom stereocenters. The van der Waals surface area contributed by atoms with Crippen molar-refractivity contribution in [3.63, 3.8) is 0 Å². The molecule has 7 nitrogen and oxygen atoms in total. The quantitative estimate of drug-likeness (QED) is 0.611. The van der Waals surface area contributed by atoms with Crippen LogP contribution in [0.2, 0.25) is 0 Å². The van der Waals surface area contributed by atoms with Crippen molar-refractivity contribution in [2.75, 3.05) is 34.3 Å². The van der Waals surface area contributed by atoms with Crippen LogP contribution in [0.5, 0.6) is 5.75 Å². The number of ether oxygens (including phenoxy) is 1. The summed E-state index contributed by atoms with van der Waals surface area (Å²) in [5.41, 5.74) is 0.832. The van der Waals surface area contributed by atoms with Gasteiger partial charge in [0.15, 0.2) is 5.75 Å². The fraction of sp³-hybridized carbons (Fsp3) is 0.562. The van der Waals surface area contributed by atoms with E-state index >= 15 is 0 Å². The third-order valence-corrected chi connectivity index (χ3v) is 4.14. The molecule has 1 aromatic rings. The lowest BCUT2D eigenvalue weighted by Gasteiger charge is -2.33. The summed E-state index contributed by atoms with van der Waals surface area (Å²) in [7, 11) is 4.96. The lowest BCUT2D eigenvalue weighted by Crippen LogP contribution is -2.42. The van der Waals surface area contributed by atoms with E-state index in [9.17, 15) is 14.9 Å². The second kappa shape index (κ2) is 7.41. The predicted molar refractivity (Wildman–Crippen MR) is 86.3 cm³/mol. The number of nitro groups is 1. The minimum absolute atomic E-state index is 0.00647. The number of methoxy groups -OCH3 is 1. The van der Waals surface area contributed by atoms with Gasteiger partial charge in [-0.25, -0.2) is 0 Å². The second-order valence-corrected chi connectivity index (χ2v) is 6.07. The third kappa shape index (κ3) is 4.19. The number of benzene rings is 1. The number of likely N-dealkylation sites (tertiary alicyclic amines) is 1. The van der Waals surface area contributed by atoms with Gasteiger partial charge in [0, 0.05) is 33.3 Å². The standard InChI is InChI=1S/C16H23N3O4/c1-17(2)16(20)13-5-4-8-18(11-13)10-12-6-7-15(23-3)14(9-12)19(21)22/h6-7,9,13H,4-5,8,10-11H2,1-3H3. The van der Waals surface area contributed by atoms with Crippen LogP contribution in [0.4, 0.5) is 5.69 Å². The van der Waals surface area contributed by atoms with E-state index in [1.165, 1.54) is 7.11 Å². The molecule has 1 heterocycles. The fourth-order valence-electron chi connectivity index (χ4n) is 3.00. The third-order valence-electron chi connectivity index (χ3n) is 4.14. The molecule has 1 unspecified atom stereocenters. The molecule has 0 spiro atoms. The Hall–Kier alpha value is -2.15. The molecule has 2 rings (SSSR count). The van der Waals surface area contributed by atoms with E-state index in [4.69, 9.17) is 4.74 Å². The number of amides is 1. The van der Waals surface area contributed by atoms with Crippen molar-refractivity contribution in [1.82, 2.24) is 9.80 Å². The van der Waals surface area contributed by atoms with E-state index in [0.717, 1.165) is 24.9 Å². The van der Waals surface area contributed by atoms with Crippen molar-refractivity contribution in [1.29, 1.82) is 0 Å². The lowest BCUT2D eigenvalue weighted by atomic mass is 9.96. The van der Waals surface area contributed by atoms with Gasteiger partial charge in [-0.1, -0.05) is 6.07 Å². The number of hydrogen-bond acceptors (Lipinski definition) is 5. The number of carbonyl (C=O) groups is 1. The topological polar surface area (TPSA) is 75.9 Å². The SMILES string of the molecule is COc1ccc(CN2CCCC(C(=O)N(C)C)C2)cc1[N+](=O)[O-]. The summed E-state index contributed by atoms with van der Waals surface area (Å²) in [5, 5.41) is 11.1. The molecule has 7 heteroatoms. The molecule has 1 amide bonds. The molecule has 0 bridgehead atoms. The van der Waals surface area contributed by atoms with Crippen LogP contribution in [0.25, 0.3) is 0 Å². The van der Waals surface area contributed by atoms with Crippen molar-refractivity contribution in [3.05, 3.63) is 33.9 Å². The van der Waals surface area contributed by atoms with Gasteiger partial charge in [0.25, 0.3) is 0 Å². The Morgan fingerprint density at radius 1 is 1.48 bits per heavy atom. The molecule has 1 aliphatic heterocycles. The zero-order valence-corrected chi connectivity index (χ0v) is 13.8. The summed E-state index contributed by atoms with van der Waals surface area (Å²) in [6, 6.07) is 5.01. The Labute approximate surface area is 136 Å². The van der Waals surface area contributed by atoms with Gasteiger partial charge < -0.3 is 9.64 Å². The Morgan fingerprint density at radius 2 is 2.22 bits per heavy atom. The van der Waals surface area contributed by atoms with Crippen LogP contribution in [-0.4, -0.2) is 54.9 Å². The molecular formula is C16H23N3O4. The number of hydrogen-bond donors (Lipinski definition) is 0. The minimum atomic E-state index is -0.434. The van der Waals surface area contributed by atoms with Crippen molar-refractivity contribution in [3.8, 4) is 5.75 Å². The van der Waals surface area contributed by atoms with Crippen LogP contribution < -0.4 is 4.74 Å². The molecule has 0 radical (unpaired) electrons. The van der Waals surface area contributed by atoms with Gasteiger partial charge in [-0.15, -0.1) is 0 Å². The highest BCUT2D eigenvalue weighted by atomic mass is 16.6. The molecule has 1 aromatic carbocycles. The van der Waals surface area contributed by atoms with Crippen LogP contribution in [0.15, 0.2) is 18.2 Å². The Bertz CT molecular complexity index is 589. The first-order valence-electron chi connectivity index (χ1n) is 7.67. The zero-order valence-electron chi connectivity index (χ0n) is 13.8. The van der Waals surface area contributed by atoms with Gasteiger partial charge in [-0.3, -0.25) is 19.8 Å². The number of nitro benzene ring substituents is 1. The monoisotopic (exact) mass is 321 g/mol. The number of rotatable bonds is 5. The van der Waals surface area contributed by atoms with Crippen molar-refractivity contribution in [2.24, 2.45) is 5.92 Å². The Kier molecular flexibility index (Phi) is 5.54. The van der Waals surface area contributed by atoms with E-state index in [1.54, 1.807) is 31.1 Å². The first kappa shape index (κ1) is 17.2. The Morgan fingerprint density at radius 3 is 2.83 bits per heavy atom.